The van der Waals surface area contributed by atoms with Crippen molar-refractivity contribution >= 4 is 10.1 Å². The Kier molecular flexibility index (Phi) is 17.3. The number of aryl methyl sites for hydroxylation is 3. The van der Waals surface area contributed by atoms with Gasteiger partial charge in [0.1, 0.15) is 5.75 Å². The normalized spacial score (nSPS) is 11.7. The molecule has 0 radical (unpaired) electrons. The van der Waals surface area contributed by atoms with E-state index >= 15 is 0 Å². The van der Waals surface area contributed by atoms with E-state index in [0.717, 1.165) is 39.2 Å². The first kappa shape index (κ1) is 52.5. The van der Waals surface area contributed by atoms with Gasteiger partial charge in [0.25, 0.3) is 0 Å². The maximum Gasteiger partial charge on any atom is 0.131 e. The molecule has 0 atom stereocenters. The minimum absolute atomic E-state index is 0. The molecule has 5 aromatic carbocycles. The molecule has 63 heavy (non-hydrogen) atoms. The number of nitrogens with zero attached hydrogens (tertiary/aromatic N) is 2. The van der Waals surface area contributed by atoms with Crippen LogP contribution in [0, 0.1) is 49.9 Å². The number of hydrogen-bond acceptors (Lipinski definition) is 2. The maximum absolute atomic E-state index is 13.5. The maximum atomic E-state index is 13.5. The van der Waals surface area contributed by atoms with Crippen molar-refractivity contribution in [3.05, 3.63) is 165 Å². The van der Waals surface area contributed by atoms with Crippen molar-refractivity contribution in [2.45, 2.75) is 126 Å². The second kappa shape index (κ2) is 20.8. The standard InChI is InChI=1S/C31H40O.C10H12.C6F5N.C6H8N.CH4.Mo/c1-20-14-21(16-23(15-20)29(2,3)4)26-12-11-13-27(28(26)32)22-17-24(30(5,6)7)19-25(18-22)31(8,9)10;1-10(2,3)9-7-5-4-6-8-9;7-1-2(8)4(10)6(12)5(11)3(1)9;1-5-3-4-6(2)7-5;;/h11-19,32H,1-10H3;1,4-8H,2-3H3;;3-4H,1-2H3;1H4;/q;;;-1;;. The molecular weight excluding hydrogens is 884 g/mol. The summed E-state index contributed by atoms with van der Waals surface area (Å²) in [5.41, 5.74) is 10.8. The van der Waals surface area contributed by atoms with Crippen LogP contribution >= 0.6 is 0 Å². The fraction of sp³-hybridized carbons (Fsp3) is 0.352. The van der Waals surface area contributed by atoms with Crippen LogP contribution in [0.3, 0.4) is 0 Å². The molecule has 0 fully saturated rings. The van der Waals surface area contributed by atoms with Gasteiger partial charge in [0, 0.05) is 11.1 Å². The molecule has 0 amide bonds. The predicted molar refractivity (Wildman–Crippen MR) is 250 cm³/mol. The van der Waals surface area contributed by atoms with Gasteiger partial charge in [-0.15, -0.1) is 0 Å². The van der Waals surface area contributed by atoms with Crippen molar-refractivity contribution in [3.8, 4) is 28.0 Å². The predicted octanol–water partition coefficient (Wildman–Crippen LogP) is 15.9. The fourth-order valence-electron chi connectivity index (χ4n) is 6.44. The van der Waals surface area contributed by atoms with Gasteiger partial charge in [-0.3, -0.25) is 0 Å². The van der Waals surface area contributed by atoms with E-state index in [1.165, 1.54) is 22.3 Å². The number of phenolic OH excluding ortho intramolecular Hbond substituents is 1. The quantitative estimate of drug-likeness (QED) is 0.0810. The molecule has 338 valence electrons. The third-order valence-corrected chi connectivity index (χ3v) is 12.8. The summed E-state index contributed by atoms with van der Waals surface area (Å²) in [6.07, 6.45) is 0. The number of rotatable bonds is 5. The molecule has 9 heteroatoms. The average Bonchev–Trinajstić information content (AvgIpc) is 3.58. The molecule has 0 aliphatic heterocycles. The minimum Gasteiger partial charge on any atom is -0.665 e. The van der Waals surface area contributed by atoms with E-state index in [1.807, 2.05) is 82.3 Å². The molecule has 0 aliphatic rings. The molecule has 1 aromatic heterocycles. The number of benzene rings is 5. The topological polar surface area (TPSA) is 46.7 Å². The van der Waals surface area contributed by atoms with Crippen molar-refractivity contribution in [2.75, 3.05) is 0 Å². The number of para-hydroxylation sites is 1. The Morgan fingerprint density at radius 3 is 1.33 bits per heavy atom. The molecule has 0 spiro atoms. The van der Waals surface area contributed by atoms with Gasteiger partial charge in [-0.2, -0.15) is 11.4 Å². The zero-order valence-electron chi connectivity index (χ0n) is 38.5. The zero-order chi connectivity index (χ0) is 46.5. The second-order valence-corrected chi connectivity index (χ2v) is 20.9. The average molecular weight is 948 g/mol. The Labute approximate surface area is 381 Å². The summed E-state index contributed by atoms with van der Waals surface area (Å²) in [4.78, 5) is 4.11. The van der Waals surface area contributed by atoms with E-state index in [4.69, 9.17) is 0 Å². The van der Waals surface area contributed by atoms with Crippen molar-refractivity contribution in [2.24, 2.45) is 3.50 Å². The summed E-state index contributed by atoms with van der Waals surface area (Å²) in [6.45, 7) is 30.1. The summed E-state index contributed by atoms with van der Waals surface area (Å²) in [5, 5.41) is 11.5. The largest absolute Gasteiger partial charge is 0.665 e. The first-order valence-electron chi connectivity index (χ1n) is 20.6. The number of hydrogen-bond donors (Lipinski definition) is 1. The first-order valence-corrected chi connectivity index (χ1v) is 22.6. The Bertz CT molecular complexity index is 2510. The molecule has 0 aliphatic carbocycles. The zero-order valence-corrected chi connectivity index (χ0v) is 40.5. The number of halogens is 5. The van der Waals surface area contributed by atoms with Crippen molar-refractivity contribution in [3.63, 3.8) is 0 Å². The van der Waals surface area contributed by atoms with Crippen LogP contribution in [0.4, 0.5) is 27.6 Å². The Hall–Kier alpha value is -4.81. The van der Waals surface area contributed by atoms with E-state index in [-0.39, 0.29) is 23.7 Å². The van der Waals surface area contributed by atoms with Crippen LogP contribution < -0.4 is 4.98 Å². The molecule has 1 heterocycles. The van der Waals surface area contributed by atoms with Crippen LogP contribution in [0.15, 0.2) is 101 Å². The van der Waals surface area contributed by atoms with E-state index < -0.39 is 58.1 Å². The third kappa shape index (κ3) is 13.6. The van der Waals surface area contributed by atoms with E-state index in [9.17, 15) is 27.1 Å². The van der Waals surface area contributed by atoms with Gasteiger partial charge in [0.2, 0.25) is 0 Å². The Morgan fingerprint density at radius 2 is 0.921 bits per heavy atom. The third-order valence-electron chi connectivity index (χ3n) is 10.4. The number of aromatic hydroxyl groups is 1. The first-order chi connectivity index (χ1) is 28.6. The van der Waals surface area contributed by atoms with Gasteiger partial charge in [-0.25, -0.2) is 0 Å². The van der Waals surface area contributed by atoms with Crippen molar-refractivity contribution < 1.29 is 45.0 Å². The molecule has 0 unspecified atom stereocenters. The van der Waals surface area contributed by atoms with Crippen LogP contribution in [0.25, 0.3) is 22.3 Å². The van der Waals surface area contributed by atoms with Crippen LogP contribution in [-0.4, -0.2) is 9.51 Å². The molecule has 3 nitrogen and oxygen atoms in total. The van der Waals surface area contributed by atoms with Gasteiger partial charge in [0.05, 0.1) is 0 Å². The minimum atomic E-state index is -2.17. The molecule has 0 saturated carbocycles. The van der Waals surface area contributed by atoms with Gasteiger partial charge >= 0.3 is 138 Å². The summed E-state index contributed by atoms with van der Waals surface area (Å²) in [6, 6.07) is 32.9. The van der Waals surface area contributed by atoms with Gasteiger partial charge in [0.15, 0.2) is 0 Å². The Morgan fingerprint density at radius 1 is 0.508 bits per heavy atom. The second-order valence-electron chi connectivity index (χ2n) is 19.4. The molecule has 6 rings (SSSR count). The fourth-order valence-corrected chi connectivity index (χ4v) is 8.21. The van der Waals surface area contributed by atoms with Gasteiger partial charge < -0.3 is 10.1 Å². The molecule has 0 bridgehead atoms. The smallest absolute Gasteiger partial charge is 0.131 e. The SMILES string of the molecule is C.CC(C)([CH]=[Mo]=[N]c1c(F)c(F)c(F)c(F)c1F)c1ccccc1.Cc1cc(-c2cccc(-c3cc(C(C)(C)C)cc(C(C)(C)C)c3)c2O)cc(C(C)(C)C)c1.Cc1ccc(C)[n-]1. The number of aromatic nitrogens is 1. The summed E-state index contributed by atoms with van der Waals surface area (Å²) in [5.74, 6) is -9.55. The van der Waals surface area contributed by atoms with E-state index in [1.54, 1.807) is 4.40 Å². The summed E-state index contributed by atoms with van der Waals surface area (Å²) in [7, 11) is 0. The van der Waals surface area contributed by atoms with E-state index in [2.05, 4.69) is 120 Å². The van der Waals surface area contributed by atoms with E-state index in [0.29, 0.717) is 5.75 Å². The van der Waals surface area contributed by atoms with Crippen LogP contribution in [0.1, 0.15) is 123 Å². The van der Waals surface area contributed by atoms with Crippen LogP contribution in [-0.2, 0) is 39.6 Å². The molecule has 0 saturated heterocycles. The van der Waals surface area contributed by atoms with Crippen molar-refractivity contribution in [1.29, 1.82) is 0 Å². The Balaban J connectivity index is 0.000000296. The van der Waals surface area contributed by atoms with Crippen LogP contribution in [0.5, 0.6) is 5.75 Å². The van der Waals surface area contributed by atoms with Crippen LogP contribution in [0.2, 0.25) is 0 Å². The van der Waals surface area contributed by atoms with Crippen molar-refractivity contribution in [1.82, 2.24) is 4.98 Å². The molecular formula is C54H64F5MoN2O-. The molecule has 6 aromatic rings. The number of phenols is 1. The summed E-state index contributed by atoms with van der Waals surface area (Å²) < 4.78 is 71.7. The monoisotopic (exact) mass is 949 g/mol. The van der Waals surface area contributed by atoms with Gasteiger partial charge in [-0.1, -0.05) is 156 Å². The molecule has 1 N–H and O–H groups in total. The van der Waals surface area contributed by atoms with Gasteiger partial charge in [-0.05, 0) is 51.0 Å². The summed E-state index contributed by atoms with van der Waals surface area (Å²) >= 11 is -1.47.